The lowest BCUT2D eigenvalue weighted by Gasteiger charge is -2.11. The topological polar surface area (TPSA) is 78.2 Å². The number of aromatic hydroxyl groups is 1. The Bertz CT molecular complexity index is 475. The van der Waals surface area contributed by atoms with E-state index in [4.69, 9.17) is 10.3 Å². The number of azide groups is 1. The van der Waals surface area contributed by atoms with Crippen molar-refractivity contribution in [1.82, 2.24) is 0 Å². The van der Waals surface area contributed by atoms with E-state index in [1.165, 1.54) is 0 Å². The molecule has 17 heavy (non-hydrogen) atoms. The van der Waals surface area contributed by atoms with E-state index in [-0.39, 0.29) is 5.75 Å². The average Bonchev–Trinajstić information content (AvgIpc) is 2.28. The molecule has 0 amide bonds. The highest BCUT2D eigenvalue weighted by molar-refractivity contribution is 5.60. The van der Waals surface area contributed by atoms with Gasteiger partial charge in [0.05, 0.1) is 12.6 Å². The van der Waals surface area contributed by atoms with E-state index in [0.717, 1.165) is 0 Å². The number of ether oxygens (including phenoxy) is 1. The summed E-state index contributed by atoms with van der Waals surface area (Å²) in [5, 5.41) is 13.3. The van der Waals surface area contributed by atoms with Crippen LogP contribution in [0.3, 0.4) is 0 Å². The molecule has 0 aromatic heterocycles. The minimum atomic E-state index is -0.635. The summed E-state index contributed by atoms with van der Waals surface area (Å²) in [5.41, 5.74) is 8.37. The highest BCUT2D eigenvalue weighted by Crippen LogP contribution is 2.25. The molecule has 0 saturated heterocycles. The van der Waals surface area contributed by atoms with Gasteiger partial charge in [-0.15, -0.1) is 0 Å². The number of phenols is 1. The normalized spacial score (nSPS) is 11.2. The SMILES string of the molecule is COc1ccc(O)c(/C=C/C(C)(C)N=[N+]=[N-])c1. The van der Waals surface area contributed by atoms with Gasteiger partial charge in [-0.1, -0.05) is 31.1 Å². The molecule has 0 spiro atoms. The van der Waals surface area contributed by atoms with Crippen molar-refractivity contribution in [3.8, 4) is 11.5 Å². The second-order valence-corrected chi connectivity index (χ2v) is 4.10. The van der Waals surface area contributed by atoms with E-state index in [1.54, 1.807) is 51.3 Å². The maximum absolute atomic E-state index is 9.65. The summed E-state index contributed by atoms with van der Waals surface area (Å²) in [7, 11) is 1.56. The van der Waals surface area contributed by atoms with Gasteiger partial charge in [0.2, 0.25) is 0 Å². The molecule has 0 aliphatic rings. The third kappa shape index (κ3) is 3.74. The molecule has 0 heterocycles. The molecule has 0 bridgehead atoms. The zero-order valence-electron chi connectivity index (χ0n) is 10.1. The molecule has 5 heteroatoms. The lowest BCUT2D eigenvalue weighted by molar-refractivity contribution is 0.412. The van der Waals surface area contributed by atoms with Crippen molar-refractivity contribution in [3.05, 3.63) is 40.3 Å². The molecule has 0 aliphatic heterocycles. The first-order chi connectivity index (χ1) is 7.98. The van der Waals surface area contributed by atoms with E-state index in [2.05, 4.69) is 10.0 Å². The number of hydrogen-bond donors (Lipinski definition) is 1. The van der Waals surface area contributed by atoms with Crippen LogP contribution in [-0.4, -0.2) is 17.8 Å². The van der Waals surface area contributed by atoms with Crippen molar-refractivity contribution >= 4 is 6.08 Å². The van der Waals surface area contributed by atoms with Gasteiger partial charge in [-0.25, -0.2) is 0 Å². The lowest BCUT2D eigenvalue weighted by atomic mass is 10.0. The van der Waals surface area contributed by atoms with Gasteiger partial charge in [-0.3, -0.25) is 0 Å². The highest BCUT2D eigenvalue weighted by atomic mass is 16.5. The maximum Gasteiger partial charge on any atom is 0.123 e. The number of benzene rings is 1. The Morgan fingerprint density at radius 1 is 1.47 bits per heavy atom. The Labute approximate surface area is 100.0 Å². The quantitative estimate of drug-likeness (QED) is 0.490. The summed E-state index contributed by atoms with van der Waals surface area (Å²) in [5.74, 6) is 0.808. The molecule has 0 radical (unpaired) electrons. The molecule has 0 unspecified atom stereocenters. The van der Waals surface area contributed by atoms with Gasteiger partial charge in [-0.2, -0.15) is 0 Å². The molecule has 90 valence electrons. The van der Waals surface area contributed by atoms with E-state index >= 15 is 0 Å². The van der Waals surface area contributed by atoms with Crippen molar-refractivity contribution < 1.29 is 9.84 Å². The first-order valence-corrected chi connectivity index (χ1v) is 5.11. The van der Waals surface area contributed by atoms with Gasteiger partial charge in [0.1, 0.15) is 11.5 Å². The molecule has 0 atom stereocenters. The summed E-state index contributed by atoms with van der Waals surface area (Å²) >= 11 is 0. The van der Waals surface area contributed by atoms with Gasteiger partial charge >= 0.3 is 0 Å². The van der Waals surface area contributed by atoms with E-state index in [9.17, 15) is 5.11 Å². The summed E-state index contributed by atoms with van der Waals surface area (Å²) < 4.78 is 5.06. The molecular weight excluding hydrogens is 218 g/mol. The van der Waals surface area contributed by atoms with E-state index < -0.39 is 5.54 Å². The fourth-order valence-electron chi connectivity index (χ4n) is 1.24. The van der Waals surface area contributed by atoms with Crippen molar-refractivity contribution in [2.45, 2.75) is 19.4 Å². The molecule has 0 saturated carbocycles. The smallest absolute Gasteiger partial charge is 0.123 e. The molecule has 1 N–H and O–H groups in total. The fourth-order valence-corrected chi connectivity index (χ4v) is 1.24. The second kappa shape index (κ2) is 5.27. The number of rotatable bonds is 4. The van der Waals surface area contributed by atoms with Gasteiger partial charge in [0.15, 0.2) is 0 Å². The Morgan fingerprint density at radius 3 is 2.76 bits per heavy atom. The molecule has 5 nitrogen and oxygen atoms in total. The van der Waals surface area contributed by atoms with Crippen molar-refractivity contribution in [2.75, 3.05) is 7.11 Å². The molecule has 1 aromatic carbocycles. The van der Waals surface area contributed by atoms with Gasteiger partial charge in [0, 0.05) is 10.5 Å². The van der Waals surface area contributed by atoms with Crippen LogP contribution < -0.4 is 4.74 Å². The van der Waals surface area contributed by atoms with Crippen LogP contribution >= 0.6 is 0 Å². The minimum absolute atomic E-state index is 0.152. The minimum Gasteiger partial charge on any atom is -0.507 e. The van der Waals surface area contributed by atoms with Crippen LogP contribution in [0.2, 0.25) is 0 Å². The van der Waals surface area contributed by atoms with Gasteiger partial charge in [0.25, 0.3) is 0 Å². The van der Waals surface area contributed by atoms with E-state index in [0.29, 0.717) is 11.3 Å². The lowest BCUT2D eigenvalue weighted by Crippen LogP contribution is -2.10. The van der Waals surface area contributed by atoms with Crippen LogP contribution in [0.4, 0.5) is 0 Å². The molecule has 0 aliphatic carbocycles. The Balaban J connectivity index is 3.02. The molecule has 1 aromatic rings. The number of methoxy groups -OCH3 is 1. The van der Waals surface area contributed by atoms with Crippen molar-refractivity contribution in [1.29, 1.82) is 0 Å². The first kappa shape index (κ1) is 12.9. The zero-order chi connectivity index (χ0) is 12.9. The highest BCUT2D eigenvalue weighted by Gasteiger charge is 2.10. The maximum atomic E-state index is 9.65. The summed E-state index contributed by atoms with van der Waals surface area (Å²) in [6, 6.07) is 4.93. The summed E-state index contributed by atoms with van der Waals surface area (Å²) in [6.07, 6.45) is 3.42. The van der Waals surface area contributed by atoms with Crippen LogP contribution in [0.1, 0.15) is 19.4 Å². The third-order valence-electron chi connectivity index (χ3n) is 2.21. The molecule has 1 rings (SSSR count). The number of nitrogens with zero attached hydrogens (tertiary/aromatic N) is 3. The van der Waals surface area contributed by atoms with Crippen LogP contribution in [-0.2, 0) is 0 Å². The van der Waals surface area contributed by atoms with Crippen molar-refractivity contribution in [3.63, 3.8) is 0 Å². The van der Waals surface area contributed by atoms with Gasteiger partial charge < -0.3 is 9.84 Å². The Hall–Kier alpha value is -2.13. The first-order valence-electron chi connectivity index (χ1n) is 5.11. The fraction of sp³-hybridized carbons (Fsp3) is 0.333. The Kier molecular flexibility index (Phi) is 4.01. The second-order valence-electron chi connectivity index (χ2n) is 4.10. The largest absolute Gasteiger partial charge is 0.507 e. The van der Waals surface area contributed by atoms with Crippen LogP contribution in [0.25, 0.3) is 16.5 Å². The predicted octanol–water partition coefficient (Wildman–Crippen LogP) is 3.50. The number of hydrogen-bond acceptors (Lipinski definition) is 3. The van der Waals surface area contributed by atoms with E-state index in [1.807, 2.05) is 0 Å². The molecular formula is C12H15N3O2. The summed E-state index contributed by atoms with van der Waals surface area (Å²) in [6.45, 7) is 3.56. The molecule has 0 fully saturated rings. The monoisotopic (exact) mass is 233 g/mol. The van der Waals surface area contributed by atoms with Crippen LogP contribution in [0.15, 0.2) is 29.4 Å². The van der Waals surface area contributed by atoms with Crippen molar-refractivity contribution in [2.24, 2.45) is 5.11 Å². The number of phenolic OH excluding ortho intramolecular Hbond substituents is 1. The standard InChI is InChI=1S/C12H15N3O2/c1-12(2,14-15-13)7-6-9-8-10(17-3)4-5-11(9)16/h4-8,16H,1-3H3/b7-6+. The average molecular weight is 233 g/mol. The van der Waals surface area contributed by atoms with Crippen LogP contribution in [0.5, 0.6) is 11.5 Å². The van der Waals surface area contributed by atoms with Crippen LogP contribution in [0, 0.1) is 0 Å². The third-order valence-corrected chi connectivity index (χ3v) is 2.21. The summed E-state index contributed by atoms with van der Waals surface area (Å²) in [4.78, 5) is 2.76. The zero-order valence-corrected chi connectivity index (χ0v) is 10.1. The van der Waals surface area contributed by atoms with Gasteiger partial charge in [-0.05, 0) is 23.7 Å². The Morgan fingerprint density at radius 2 is 2.18 bits per heavy atom. The predicted molar refractivity (Wildman–Crippen MR) is 66.9 cm³/mol.